The Hall–Kier alpha value is -2.09. The zero-order chi connectivity index (χ0) is 14.7. The minimum atomic E-state index is 0.611. The van der Waals surface area contributed by atoms with Crippen LogP contribution in [0.5, 0.6) is 0 Å². The van der Waals surface area contributed by atoms with Gasteiger partial charge >= 0.3 is 0 Å². The molecule has 1 aromatic heterocycles. The number of benzene rings is 2. The Balaban J connectivity index is 1.81. The second-order valence-corrected chi connectivity index (χ2v) is 5.63. The monoisotopic (exact) mass is 357 g/mol. The van der Waals surface area contributed by atoms with Crippen molar-refractivity contribution in [3.63, 3.8) is 0 Å². The zero-order valence-electron chi connectivity index (χ0n) is 10.8. The van der Waals surface area contributed by atoms with Crippen LogP contribution in [0.4, 0.5) is 5.82 Å². The molecule has 0 atom stereocenters. The molecule has 102 valence electrons. The number of halogens is 2. The van der Waals surface area contributed by atoms with Crippen LogP contribution in [0.25, 0.3) is 11.0 Å². The molecule has 0 spiro atoms. The normalized spacial score (nSPS) is 10.0. The van der Waals surface area contributed by atoms with Gasteiger partial charge in [0, 0.05) is 21.1 Å². The van der Waals surface area contributed by atoms with E-state index in [1.807, 2.05) is 36.4 Å². The van der Waals surface area contributed by atoms with Gasteiger partial charge in [-0.05, 0) is 42.3 Å². The van der Waals surface area contributed by atoms with Crippen LogP contribution >= 0.6 is 27.5 Å². The lowest BCUT2D eigenvalue weighted by molar-refractivity contribution is 1.29. The Bertz CT molecular complexity index is 868. The van der Waals surface area contributed by atoms with Crippen LogP contribution in [0.2, 0.25) is 5.02 Å². The van der Waals surface area contributed by atoms with Crippen molar-refractivity contribution in [2.45, 2.75) is 0 Å². The Kier molecular flexibility index (Phi) is 4.05. The van der Waals surface area contributed by atoms with Crippen LogP contribution in [0, 0.1) is 12.0 Å². The molecule has 1 N–H and O–H groups in total. The molecule has 0 saturated heterocycles. The first-order valence-corrected chi connectivity index (χ1v) is 7.33. The summed E-state index contributed by atoms with van der Waals surface area (Å²) in [5.41, 5.74) is 2.48. The quantitative estimate of drug-likeness (QED) is 0.515. The van der Waals surface area contributed by atoms with E-state index in [0.717, 1.165) is 21.1 Å². The van der Waals surface area contributed by atoms with E-state index in [0.29, 0.717) is 10.8 Å². The smallest absolute Gasteiger partial charge is 0.156 e. The first kappa shape index (κ1) is 13.9. The average Bonchev–Trinajstić information content (AvgIpc) is 2.47. The summed E-state index contributed by atoms with van der Waals surface area (Å²) in [6.45, 7) is 0. The highest BCUT2D eigenvalue weighted by molar-refractivity contribution is 9.10. The molecule has 3 nitrogen and oxygen atoms in total. The molecule has 0 radical (unpaired) electrons. The van der Waals surface area contributed by atoms with E-state index in [1.54, 1.807) is 12.3 Å². The number of hydrogen-bond donors (Lipinski definition) is 1. The molecule has 2 aromatic carbocycles. The number of anilines is 1. The molecule has 0 fully saturated rings. The SMILES string of the molecule is Clc1cccc(C#CNc2cnc3cc(Br)ccc3n2)c1. The maximum atomic E-state index is 5.90. The highest BCUT2D eigenvalue weighted by atomic mass is 79.9. The molecule has 3 aromatic rings. The number of rotatable bonds is 1. The van der Waals surface area contributed by atoms with Crippen molar-refractivity contribution in [3.05, 3.63) is 63.7 Å². The first-order valence-electron chi connectivity index (χ1n) is 6.16. The van der Waals surface area contributed by atoms with Crippen LogP contribution in [-0.2, 0) is 0 Å². The summed E-state index contributed by atoms with van der Waals surface area (Å²) < 4.78 is 0.978. The van der Waals surface area contributed by atoms with Gasteiger partial charge in [-0.15, -0.1) is 0 Å². The molecule has 0 unspecified atom stereocenters. The Labute approximate surface area is 135 Å². The van der Waals surface area contributed by atoms with Gasteiger partial charge in [-0.1, -0.05) is 33.6 Å². The summed E-state index contributed by atoms with van der Waals surface area (Å²) in [5.74, 6) is 3.58. The molecule has 0 amide bonds. The van der Waals surface area contributed by atoms with Crippen molar-refractivity contribution in [3.8, 4) is 12.0 Å². The fourth-order valence-corrected chi connectivity index (χ4v) is 2.32. The predicted octanol–water partition coefficient (Wildman–Crippen LogP) is 4.47. The molecule has 3 rings (SSSR count). The fraction of sp³-hybridized carbons (Fsp3) is 0. The minimum absolute atomic E-state index is 0.611. The number of hydrogen-bond acceptors (Lipinski definition) is 3. The Morgan fingerprint density at radius 1 is 1.10 bits per heavy atom. The third-order valence-corrected chi connectivity index (χ3v) is 3.45. The summed E-state index contributed by atoms with van der Waals surface area (Å²) in [6, 6.07) is 16.0. The zero-order valence-corrected chi connectivity index (χ0v) is 13.1. The van der Waals surface area contributed by atoms with Crippen molar-refractivity contribution >= 4 is 44.4 Å². The highest BCUT2D eigenvalue weighted by Crippen LogP contribution is 2.17. The van der Waals surface area contributed by atoms with Crippen molar-refractivity contribution in [2.24, 2.45) is 0 Å². The Morgan fingerprint density at radius 2 is 2.00 bits per heavy atom. The van der Waals surface area contributed by atoms with E-state index in [9.17, 15) is 0 Å². The van der Waals surface area contributed by atoms with Crippen molar-refractivity contribution in [2.75, 3.05) is 5.32 Å². The molecule has 0 bridgehead atoms. The van der Waals surface area contributed by atoms with E-state index in [1.165, 1.54) is 0 Å². The van der Waals surface area contributed by atoms with Gasteiger partial charge < -0.3 is 0 Å². The fourth-order valence-electron chi connectivity index (χ4n) is 1.78. The van der Waals surface area contributed by atoms with Crippen LogP contribution in [0.15, 0.2) is 53.1 Å². The summed E-state index contributed by atoms with van der Waals surface area (Å²) >= 11 is 9.31. The van der Waals surface area contributed by atoms with Crippen molar-refractivity contribution in [1.29, 1.82) is 0 Å². The second-order valence-electron chi connectivity index (χ2n) is 4.27. The lowest BCUT2D eigenvalue weighted by Gasteiger charge is -2.00. The molecular formula is C16H9BrClN3. The lowest BCUT2D eigenvalue weighted by Crippen LogP contribution is -1.94. The molecule has 0 saturated carbocycles. The third-order valence-electron chi connectivity index (χ3n) is 2.73. The van der Waals surface area contributed by atoms with Gasteiger partial charge in [-0.25, -0.2) is 4.98 Å². The molecule has 0 aliphatic heterocycles. The van der Waals surface area contributed by atoms with Crippen LogP contribution in [0.3, 0.4) is 0 Å². The molecule has 21 heavy (non-hydrogen) atoms. The topological polar surface area (TPSA) is 37.8 Å². The van der Waals surface area contributed by atoms with E-state index >= 15 is 0 Å². The average molecular weight is 359 g/mol. The third kappa shape index (κ3) is 3.52. The van der Waals surface area contributed by atoms with E-state index in [-0.39, 0.29) is 0 Å². The van der Waals surface area contributed by atoms with Crippen molar-refractivity contribution in [1.82, 2.24) is 9.97 Å². The number of nitrogens with zero attached hydrogens (tertiary/aromatic N) is 2. The Morgan fingerprint density at radius 3 is 2.86 bits per heavy atom. The standard InChI is InChI=1S/C16H9BrClN3/c17-12-4-5-14-15(9-12)20-10-16(21-14)19-7-6-11-2-1-3-13(18)8-11/h1-5,8-10H,(H,19,21). The molecule has 5 heteroatoms. The molecule has 1 heterocycles. The van der Waals surface area contributed by atoms with Crippen LogP contribution in [-0.4, -0.2) is 9.97 Å². The van der Waals surface area contributed by atoms with Gasteiger partial charge in [-0.3, -0.25) is 10.3 Å². The van der Waals surface area contributed by atoms with E-state index < -0.39 is 0 Å². The van der Waals surface area contributed by atoms with Gasteiger partial charge in [0.15, 0.2) is 5.82 Å². The van der Waals surface area contributed by atoms with Crippen LogP contribution in [0.1, 0.15) is 5.56 Å². The molecule has 0 aliphatic carbocycles. The predicted molar refractivity (Wildman–Crippen MR) is 89.2 cm³/mol. The number of aromatic nitrogens is 2. The van der Waals surface area contributed by atoms with E-state index in [2.05, 4.69) is 43.2 Å². The van der Waals surface area contributed by atoms with Crippen molar-refractivity contribution < 1.29 is 0 Å². The largest absolute Gasteiger partial charge is 0.298 e. The summed E-state index contributed by atoms with van der Waals surface area (Å²) in [7, 11) is 0. The number of nitrogens with one attached hydrogen (secondary N) is 1. The van der Waals surface area contributed by atoms with Gasteiger partial charge in [0.2, 0.25) is 0 Å². The summed E-state index contributed by atoms with van der Waals surface area (Å²) in [6.07, 6.45) is 1.65. The van der Waals surface area contributed by atoms with Gasteiger partial charge in [0.05, 0.1) is 17.2 Å². The summed E-state index contributed by atoms with van der Waals surface area (Å²) in [5, 5.41) is 3.59. The van der Waals surface area contributed by atoms with Gasteiger partial charge in [0.25, 0.3) is 0 Å². The van der Waals surface area contributed by atoms with Crippen LogP contribution < -0.4 is 5.32 Å². The van der Waals surface area contributed by atoms with E-state index in [4.69, 9.17) is 11.6 Å². The maximum absolute atomic E-state index is 5.90. The molecule has 0 aliphatic rings. The second kappa shape index (κ2) is 6.13. The molecular weight excluding hydrogens is 350 g/mol. The maximum Gasteiger partial charge on any atom is 0.156 e. The summed E-state index contributed by atoms with van der Waals surface area (Å²) in [4.78, 5) is 8.78. The lowest BCUT2D eigenvalue weighted by atomic mass is 10.2. The first-order chi connectivity index (χ1) is 10.2. The van der Waals surface area contributed by atoms with Gasteiger partial charge in [0.1, 0.15) is 0 Å². The van der Waals surface area contributed by atoms with Gasteiger partial charge in [-0.2, -0.15) is 0 Å². The highest BCUT2D eigenvalue weighted by Gasteiger charge is 1.99. The number of fused-ring (bicyclic) bond motifs is 1. The minimum Gasteiger partial charge on any atom is -0.298 e.